The molecule has 0 atom stereocenters. The van der Waals surface area contributed by atoms with Gasteiger partial charge in [0.15, 0.2) is 11.5 Å². The monoisotopic (exact) mass is 392 g/mol. The number of aromatic hydroxyl groups is 1. The molecule has 2 aliphatic rings. The zero-order chi connectivity index (χ0) is 20.5. The first kappa shape index (κ1) is 18.7. The van der Waals surface area contributed by atoms with Gasteiger partial charge in [-0.3, -0.25) is 9.59 Å². The van der Waals surface area contributed by atoms with Crippen molar-refractivity contribution in [1.29, 1.82) is 5.41 Å². The molecule has 0 saturated carbocycles. The van der Waals surface area contributed by atoms with Crippen molar-refractivity contribution in [3.8, 4) is 11.5 Å². The van der Waals surface area contributed by atoms with Gasteiger partial charge in [0, 0.05) is 43.5 Å². The first-order valence-electron chi connectivity index (χ1n) is 9.21. The highest BCUT2D eigenvalue weighted by atomic mass is 16.5. The van der Waals surface area contributed by atoms with Crippen LogP contribution in [0.2, 0.25) is 0 Å². The lowest BCUT2D eigenvalue weighted by Gasteiger charge is -2.28. The number of ketones is 1. The number of nitrogens with one attached hydrogen (secondary N) is 2. The van der Waals surface area contributed by atoms with E-state index in [1.165, 1.54) is 18.2 Å². The molecular formula is C21H20N4O4. The molecule has 8 nitrogen and oxygen atoms in total. The van der Waals surface area contributed by atoms with Gasteiger partial charge < -0.3 is 31.2 Å². The van der Waals surface area contributed by atoms with E-state index in [0.29, 0.717) is 37.4 Å². The minimum absolute atomic E-state index is 0.0125. The summed E-state index contributed by atoms with van der Waals surface area (Å²) in [4.78, 5) is 27.3. The third-order valence-corrected chi connectivity index (χ3v) is 4.96. The van der Waals surface area contributed by atoms with E-state index in [9.17, 15) is 14.7 Å². The highest BCUT2D eigenvalue weighted by molar-refractivity contribution is 6.20. The van der Waals surface area contributed by atoms with Gasteiger partial charge in [-0.2, -0.15) is 0 Å². The average Bonchev–Trinajstić information content (AvgIpc) is 3.03. The molecule has 1 amide bonds. The van der Waals surface area contributed by atoms with Crippen molar-refractivity contribution in [2.75, 3.05) is 31.9 Å². The molecule has 5 N–H and O–H groups in total. The predicted molar refractivity (Wildman–Crippen MR) is 108 cm³/mol. The number of fused-ring (bicyclic) bond motifs is 1. The smallest absolute Gasteiger partial charge is 0.261 e. The highest BCUT2D eigenvalue weighted by Gasteiger charge is 2.35. The molecule has 148 valence electrons. The molecule has 0 bridgehead atoms. The molecule has 2 heterocycles. The number of nitrogens with zero attached hydrogens (tertiary/aromatic N) is 1. The van der Waals surface area contributed by atoms with Crippen LogP contribution < -0.4 is 15.8 Å². The maximum Gasteiger partial charge on any atom is 0.261 e. The number of carbonyl (C=O) groups excluding carboxylic acids is 2. The van der Waals surface area contributed by atoms with E-state index in [4.69, 9.17) is 15.9 Å². The standard InChI is InChI=1S/C21H20N4O4/c22-14-4-2-1-3-12(14)15(23)11-17-19(27)13-5-6-16(26)18(20(13)29-17)21(28)25-9-7-24-8-10-25/h1-6,11,23-24,26H,7-10,22H2/b17-11-,23-15?. The second-order valence-electron chi connectivity index (χ2n) is 6.82. The Morgan fingerprint density at radius 3 is 2.66 bits per heavy atom. The maximum absolute atomic E-state index is 13.0. The molecule has 4 rings (SSSR count). The molecular weight excluding hydrogens is 372 g/mol. The second kappa shape index (κ2) is 7.40. The number of nitrogens with two attached hydrogens (primary N) is 1. The number of carbonyl (C=O) groups is 2. The Balaban J connectivity index is 1.69. The lowest BCUT2D eigenvalue weighted by molar-refractivity contribution is 0.0729. The van der Waals surface area contributed by atoms with Crippen molar-refractivity contribution in [3.05, 3.63) is 64.9 Å². The number of nitrogen functional groups attached to an aromatic ring is 1. The predicted octanol–water partition coefficient (Wildman–Crippen LogP) is 1.55. The van der Waals surface area contributed by atoms with Gasteiger partial charge in [0.25, 0.3) is 5.91 Å². The SMILES string of the molecule is N=C(/C=C1\Oc2c(ccc(O)c2C(=O)N2CCNCC2)C1=O)c1ccccc1N. The number of anilines is 1. The van der Waals surface area contributed by atoms with Gasteiger partial charge in [-0.25, -0.2) is 0 Å². The molecule has 0 radical (unpaired) electrons. The van der Waals surface area contributed by atoms with Gasteiger partial charge in [-0.05, 0) is 18.2 Å². The Bertz CT molecular complexity index is 1050. The Morgan fingerprint density at radius 1 is 1.21 bits per heavy atom. The maximum atomic E-state index is 13.0. The number of piperazine rings is 1. The largest absolute Gasteiger partial charge is 0.507 e. The normalized spacial score (nSPS) is 17.2. The number of ether oxygens (including phenoxy) is 1. The number of allylic oxidation sites excluding steroid dienone is 2. The van der Waals surface area contributed by atoms with E-state index in [1.54, 1.807) is 29.2 Å². The van der Waals surface area contributed by atoms with E-state index < -0.39 is 11.7 Å². The Hall–Kier alpha value is -3.65. The van der Waals surface area contributed by atoms with Crippen molar-refractivity contribution >= 4 is 23.1 Å². The molecule has 2 aromatic rings. The first-order valence-corrected chi connectivity index (χ1v) is 9.21. The lowest BCUT2D eigenvalue weighted by atomic mass is 10.0. The van der Waals surface area contributed by atoms with Crippen LogP contribution in [0.4, 0.5) is 5.69 Å². The summed E-state index contributed by atoms with van der Waals surface area (Å²) in [6, 6.07) is 9.57. The first-order chi connectivity index (χ1) is 14.0. The summed E-state index contributed by atoms with van der Waals surface area (Å²) >= 11 is 0. The van der Waals surface area contributed by atoms with Crippen molar-refractivity contribution in [3.63, 3.8) is 0 Å². The van der Waals surface area contributed by atoms with Gasteiger partial charge in [-0.1, -0.05) is 18.2 Å². The van der Waals surface area contributed by atoms with E-state index >= 15 is 0 Å². The zero-order valence-electron chi connectivity index (χ0n) is 15.6. The fourth-order valence-electron chi connectivity index (χ4n) is 3.42. The van der Waals surface area contributed by atoms with Crippen LogP contribution in [0.3, 0.4) is 0 Å². The van der Waals surface area contributed by atoms with Crippen molar-refractivity contribution in [1.82, 2.24) is 10.2 Å². The van der Waals surface area contributed by atoms with Crippen LogP contribution in [-0.4, -0.2) is 53.6 Å². The topological polar surface area (TPSA) is 129 Å². The van der Waals surface area contributed by atoms with Crippen LogP contribution in [0.1, 0.15) is 26.3 Å². The molecule has 1 fully saturated rings. The number of phenolic OH excluding ortho intramolecular Hbond substituents is 1. The van der Waals surface area contributed by atoms with Gasteiger partial charge in [0.05, 0.1) is 11.3 Å². The fourth-order valence-corrected chi connectivity index (χ4v) is 3.42. The molecule has 0 unspecified atom stereocenters. The summed E-state index contributed by atoms with van der Waals surface area (Å²) in [6.07, 6.45) is 1.28. The number of Topliss-reactive ketones (excluding diaryl/α,β-unsaturated/α-hetero) is 1. The van der Waals surface area contributed by atoms with Gasteiger partial charge in [-0.15, -0.1) is 0 Å². The highest BCUT2D eigenvalue weighted by Crippen LogP contribution is 2.39. The van der Waals surface area contributed by atoms with E-state index in [1.807, 2.05) is 0 Å². The number of amides is 1. The summed E-state index contributed by atoms with van der Waals surface area (Å²) in [5.41, 5.74) is 6.93. The number of hydrogen-bond donors (Lipinski definition) is 4. The number of hydrogen-bond acceptors (Lipinski definition) is 7. The van der Waals surface area contributed by atoms with E-state index in [-0.39, 0.29) is 34.1 Å². The number of benzene rings is 2. The lowest BCUT2D eigenvalue weighted by Crippen LogP contribution is -2.46. The van der Waals surface area contributed by atoms with Crippen LogP contribution >= 0.6 is 0 Å². The fraction of sp³-hybridized carbons (Fsp3) is 0.190. The minimum Gasteiger partial charge on any atom is -0.507 e. The van der Waals surface area contributed by atoms with Crippen LogP contribution in [0.5, 0.6) is 11.5 Å². The molecule has 1 saturated heterocycles. The average molecular weight is 392 g/mol. The van der Waals surface area contributed by atoms with E-state index in [0.717, 1.165) is 0 Å². The quantitative estimate of drug-likeness (QED) is 0.356. The Labute approximate surface area is 167 Å². The van der Waals surface area contributed by atoms with Gasteiger partial charge in [0.2, 0.25) is 5.78 Å². The summed E-state index contributed by atoms with van der Waals surface area (Å²) in [6.45, 7) is 2.30. The number of rotatable bonds is 3. The zero-order valence-corrected chi connectivity index (χ0v) is 15.6. The van der Waals surface area contributed by atoms with Gasteiger partial charge >= 0.3 is 0 Å². The molecule has 8 heteroatoms. The van der Waals surface area contributed by atoms with Crippen LogP contribution in [0.15, 0.2) is 48.2 Å². The molecule has 2 aromatic carbocycles. The Morgan fingerprint density at radius 2 is 1.93 bits per heavy atom. The molecule has 0 aliphatic carbocycles. The van der Waals surface area contributed by atoms with Crippen LogP contribution in [0, 0.1) is 5.41 Å². The number of phenols is 1. The second-order valence-corrected chi connectivity index (χ2v) is 6.82. The van der Waals surface area contributed by atoms with Gasteiger partial charge in [0.1, 0.15) is 11.3 Å². The van der Waals surface area contributed by atoms with Crippen LogP contribution in [0.25, 0.3) is 0 Å². The summed E-state index contributed by atoms with van der Waals surface area (Å²) in [5, 5.41) is 21.7. The third-order valence-electron chi connectivity index (χ3n) is 4.96. The molecule has 0 aromatic heterocycles. The third kappa shape index (κ3) is 3.34. The van der Waals surface area contributed by atoms with Crippen molar-refractivity contribution < 1.29 is 19.4 Å². The van der Waals surface area contributed by atoms with Crippen molar-refractivity contribution in [2.24, 2.45) is 0 Å². The summed E-state index contributed by atoms with van der Waals surface area (Å²) in [5.74, 6) is -1.15. The summed E-state index contributed by atoms with van der Waals surface area (Å²) in [7, 11) is 0. The molecule has 29 heavy (non-hydrogen) atoms. The molecule has 2 aliphatic heterocycles. The Kier molecular flexibility index (Phi) is 4.77. The summed E-state index contributed by atoms with van der Waals surface area (Å²) < 4.78 is 5.68. The van der Waals surface area contributed by atoms with Crippen molar-refractivity contribution in [2.45, 2.75) is 0 Å². The minimum atomic E-state index is -0.450. The molecule has 0 spiro atoms. The number of para-hydroxylation sites is 1. The van der Waals surface area contributed by atoms with E-state index in [2.05, 4.69) is 5.32 Å². The van der Waals surface area contributed by atoms with Crippen LogP contribution in [-0.2, 0) is 0 Å².